The first-order valence-electron chi connectivity index (χ1n) is 12.2. The van der Waals surface area contributed by atoms with E-state index in [2.05, 4.69) is 32.2 Å². The molecular weight excluding hydrogens is 424 g/mol. The van der Waals surface area contributed by atoms with E-state index in [1.807, 2.05) is 55.5 Å². The molecule has 3 aromatic rings. The maximum atomic E-state index is 13.1. The molecule has 0 aliphatic heterocycles. The zero-order chi connectivity index (χ0) is 24.5. The third kappa shape index (κ3) is 6.56. The molecule has 34 heavy (non-hydrogen) atoms. The van der Waals surface area contributed by atoms with Gasteiger partial charge in [0.15, 0.2) is 0 Å². The average Bonchev–Trinajstić information content (AvgIpc) is 3.24. The minimum atomic E-state index is -0.216. The number of hydrogen-bond acceptors (Lipinski definition) is 3. The lowest BCUT2D eigenvalue weighted by molar-refractivity contribution is -0.134. The van der Waals surface area contributed by atoms with Gasteiger partial charge in [0.05, 0.1) is 17.9 Å². The number of nitrogens with one attached hydrogen (secondary N) is 1. The first-order chi connectivity index (χ1) is 16.4. The summed E-state index contributed by atoms with van der Waals surface area (Å²) >= 11 is 0. The van der Waals surface area contributed by atoms with Gasteiger partial charge in [0.25, 0.3) is 0 Å². The fourth-order valence-corrected chi connectivity index (χ4v) is 3.93. The van der Waals surface area contributed by atoms with E-state index < -0.39 is 0 Å². The maximum absolute atomic E-state index is 13.1. The van der Waals surface area contributed by atoms with Crippen LogP contribution in [0.4, 0.5) is 5.82 Å². The Bertz CT molecular complexity index is 1100. The van der Waals surface area contributed by atoms with Crippen molar-refractivity contribution < 1.29 is 9.59 Å². The molecule has 1 heterocycles. The number of hydrogen-bond donors (Lipinski definition) is 1. The standard InChI is InChI=1S/C28H36N4O2/c1-5-7-14-28(34)31(17-8-6-2)20-27(33)29-26-19-24(23-12-10-9-11-13-23)30-32(26)25-16-15-21(3)18-22(25)4/h9-13,15-16,18-19H,5-8,14,17,20H2,1-4H3,(H,29,33). The predicted molar refractivity (Wildman–Crippen MR) is 138 cm³/mol. The highest BCUT2D eigenvalue weighted by Gasteiger charge is 2.19. The molecule has 0 fully saturated rings. The maximum Gasteiger partial charge on any atom is 0.245 e. The molecular formula is C28H36N4O2. The van der Waals surface area contributed by atoms with Crippen molar-refractivity contribution in [3.8, 4) is 16.9 Å². The van der Waals surface area contributed by atoms with Gasteiger partial charge in [-0.2, -0.15) is 5.10 Å². The summed E-state index contributed by atoms with van der Waals surface area (Å²) in [5.74, 6) is 0.414. The molecule has 2 amide bonds. The summed E-state index contributed by atoms with van der Waals surface area (Å²) in [6.07, 6.45) is 4.12. The third-order valence-corrected chi connectivity index (χ3v) is 5.84. The van der Waals surface area contributed by atoms with E-state index in [0.29, 0.717) is 18.8 Å². The number of aryl methyl sites for hydroxylation is 2. The molecule has 0 atom stereocenters. The number of carbonyl (C=O) groups excluding carboxylic acids is 2. The van der Waals surface area contributed by atoms with Crippen LogP contribution in [-0.4, -0.2) is 39.6 Å². The normalized spacial score (nSPS) is 10.8. The molecule has 1 aromatic heterocycles. The largest absolute Gasteiger partial charge is 0.333 e. The molecule has 0 unspecified atom stereocenters. The Labute approximate surface area is 203 Å². The third-order valence-electron chi connectivity index (χ3n) is 5.84. The number of unbranched alkanes of at least 4 members (excludes halogenated alkanes) is 2. The van der Waals surface area contributed by atoms with E-state index in [4.69, 9.17) is 5.10 Å². The monoisotopic (exact) mass is 460 g/mol. The molecule has 0 aliphatic rings. The molecule has 0 radical (unpaired) electrons. The molecule has 1 N–H and O–H groups in total. The number of rotatable bonds is 11. The molecule has 0 saturated heterocycles. The van der Waals surface area contributed by atoms with Crippen molar-refractivity contribution in [2.24, 2.45) is 0 Å². The van der Waals surface area contributed by atoms with Crippen molar-refractivity contribution in [2.75, 3.05) is 18.4 Å². The van der Waals surface area contributed by atoms with Gasteiger partial charge in [0.2, 0.25) is 11.8 Å². The van der Waals surface area contributed by atoms with Crippen molar-refractivity contribution in [1.82, 2.24) is 14.7 Å². The van der Waals surface area contributed by atoms with Crippen LogP contribution in [0.3, 0.4) is 0 Å². The van der Waals surface area contributed by atoms with Crippen LogP contribution in [0.15, 0.2) is 54.6 Å². The summed E-state index contributed by atoms with van der Waals surface area (Å²) in [6, 6.07) is 18.0. The van der Waals surface area contributed by atoms with Gasteiger partial charge in [-0.25, -0.2) is 4.68 Å². The van der Waals surface area contributed by atoms with E-state index in [1.165, 1.54) is 5.56 Å². The molecule has 180 valence electrons. The molecule has 0 bridgehead atoms. The van der Waals surface area contributed by atoms with E-state index in [0.717, 1.165) is 48.2 Å². The Morgan fingerprint density at radius 3 is 2.38 bits per heavy atom. The summed E-state index contributed by atoms with van der Waals surface area (Å²) in [4.78, 5) is 27.4. The number of benzene rings is 2. The SMILES string of the molecule is CCCCC(=O)N(CCCC)CC(=O)Nc1cc(-c2ccccc2)nn1-c1ccc(C)cc1C. The summed E-state index contributed by atoms with van der Waals surface area (Å²) in [7, 11) is 0. The van der Waals surface area contributed by atoms with Crippen LogP contribution < -0.4 is 5.32 Å². The lowest BCUT2D eigenvalue weighted by Crippen LogP contribution is -2.38. The molecule has 6 nitrogen and oxygen atoms in total. The van der Waals surface area contributed by atoms with Gasteiger partial charge >= 0.3 is 0 Å². The minimum Gasteiger partial charge on any atom is -0.333 e. The van der Waals surface area contributed by atoms with E-state index in [1.54, 1.807) is 9.58 Å². The smallest absolute Gasteiger partial charge is 0.245 e. The van der Waals surface area contributed by atoms with Gasteiger partial charge in [0.1, 0.15) is 5.82 Å². The first-order valence-corrected chi connectivity index (χ1v) is 12.2. The molecule has 0 spiro atoms. The van der Waals surface area contributed by atoms with Gasteiger partial charge in [0, 0.05) is 24.6 Å². The van der Waals surface area contributed by atoms with Gasteiger partial charge in [-0.1, -0.05) is 74.7 Å². The van der Waals surface area contributed by atoms with Crippen LogP contribution in [0, 0.1) is 13.8 Å². The molecule has 0 saturated carbocycles. The molecule has 3 rings (SSSR count). The van der Waals surface area contributed by atoms with Crippen LogP contribution in [0.25, 0.3) is 16.9 Å². The Kier molecular flexibility index (Phi) is 9.02. The summed E-state index contributed by atoms with van der Waals surface area (Å²) in [5.41, 5.74) is 4.89. The number of anilines is 1. The first kappa shape index (κ1) is 25.2. The zero-order valence-corrected chi connectivity index (χ0v) is 20.8. The highest BCUT2D eigenvalue weighted by Crippen LogP contribution is 2.26. The van der Waals surface area contributed by atoms with Crippen molar-refractivity contribution in [3.63, 3.8) is 0 Å². The Morgan fingerprint density at radius 2 is 1.71 bits per heavy atom. The van der Waals surface area contributed by atoms with Crippen LogP contribution in [0.1, 0.15) is 57.1 Å². The molecule has 2 aromatic carbocycles. The zero-order valence-electron chi connectivity index (χ0n) is 20.8. The van der Waals surface area contributed by atoms with Crippen LogP contribution in [0.2, 0.25) is 0 Å². The van der Waals surface area contributed by atoms with Crippen molar-refractivity contribution >= 4 is 17.6 Å². The predicted octanol–water partition coefficient (Wildman–Crippen LogP) is 5.91. The lowest BCUT2D eigenvalue weighted by atomic mass is 10.1. The second kappa shape index (κ2) is 12.2. The molecule has 0 aliphatic carbocycles. The number of aromatic nitrogens is 2. The summed E-state index contributed by atoms with van der Waals surface area (Å²) in [6.45, 7) is 8.88. The lowest BCUT2D eigenvalue weighted by Gasteiger charge is -2.22. The fourth-order valence-electron chi connectivity index (χ4n) is 3.93. The van der Waals surface area contributed by atoms with Crippen LogP contribution >= 0.6 is 0 Å². The summed E-state index contributed by atoms with van der Waals surface area (Å²) in [5, 5.41) is 7.85. The molecule has 6 heteroatoms. The van der Waals surface area contributed by atoms with Crippen molar-refractivity contribution in [1.29, 1.82) is 0 Å². The van der Waals surface area contributed by atoms with Gasteiger partial charge in [-0.3, -0.25) is 9.59 Å². The van der Waals surface area contributed by atoms with E-state index >= 15 is 0 Å². The second-order valence-electron chi connectivity index (χ2n) is 8.80. The van der Waals surface area contributed by atoms with E-state index in [9.17, 15) is 9.59 Å². The summed E-state index contributed by atoms with van der Waals surface area (Å²) < 4.78 is 1.78. The van der Waals surface area contributed by atoms with Crippen LogP contribution in [-0.2, 0) is 9.59 Å². The minimum absolute atomic E-state index is 0.0401. The fraction of sp³-hybridized carbons (Fsp3) is 0.393. The highest BCUT2D eigenvalue weighted by molar-refractivity contribution is 5.94. The highest BCUT2D eigenvalue weighted by atomic mass is 16.2. The average molecular weight is 461 g/mol. The van der Waals surface area contributed by atoms with Crippen molar-refractivity contribution in [2.45, 2.75) is 59.8 Å². The van der Waals surface area contributed by atoms with E-state index in [-0.39, 0.29) is 18.4 Å². The second-order valence-corrected chi connectivity index (χ2v) is 8.80. The number of nitrogens with zero attached hydrogens (tertiary/aromatic N) is 3. The van der Waals surface area contributed by atoms with Gasteiger partial charge in [-0.05, 0) is 38.3 Å². The topological polar surface area (TPSA) is 67.2 Å². The quantitative estimate of drug-likeness (QED) is 0.387. The number of carbonyl (C=O) groups is 2. The Balaban J connectivity index is 1.88. The van der Waals surface area contributed by atoms with Gasteiger partial charge in [-0.15, -0.1) is 0 Å². The van der Waals surface area contributed by atoms with Gasteiger partial charge < -0.3 is 10.2 Å². The Hall–Kier alpha value is -3.41. The van der Waals surface area contributed by atoms with Crippen molar-refractivity contribution in [3.05, 3.63) is 65.7 Å². The van der Waals surface area contributed by atoms with Crippen LogP contribution in [0.5, 0.6) is 0 Å². The number of amides is 2. The Morgan fingerprint density at radius 1 is 0.971 bits per heavy atom.